The summed E-state index contributed by atoms with van der Waals surface area (Å²) < 4.78 is 0. The zero-order valence-electron chi connectivity index (χ0n) is 7.68. The molecule has 0 amide bonds. The van der Waals surface area contributed by atoms with Gasteiger partial charge in [-0.3, -0.25) is 4.79 Å². The molecule has 0 bridgehead atoms. The Bertz CT molecular complexity index is 136. The first-order chi connectivity index (χ1) is 5.06. The second-order valence-electron chi connectivity index (χ2n) is 3.32. The van der Waals surface area contributed by atoms with Crippen LogP contribution in [0.25, 0.3) is 0 Å². The molecule has 1 atom stereocenters. The van der Waals surface area contributed by atoms with Crippen LogP contribution in [0.2, 0.25) is 5.04 Å². The van der Waals surface area contributed by atoms with Crippen LogP contribution >= 0.6 is 0 Å². The van der Waals surface area contributed by atoms with Crippen LogP contribution in [0.3, 0.4) is 0 Å². The highest BCUT2D eigenvalue weighted by Crippen LogP contribution is 2.32. The van der Waals surface area contributed by atoms with Crippen molar-refractivity contribution in [3.63, 3.8) is 0 Å². The second-order valence-corrected chi connectivity index (χ2v) is 5.24. The second kappa shape index (κ2) is 4.54. The maximum Gasteiger partial charge on any atom is 0.305 e. The Labute approximate surface area is 71.4 Å². The maximum atomic E-state index is 10.8. The van der Waals surface area contributed by atoms with Crippen molar-refractivity contribution in [2.45, 2.75) is 44.6 Å². The Balaban J connectivity index is 3.99. The normalized spacial score (nSPS) is 16.2. The Morgan fingerprint density at radius 1 is 1.55 bits per heavy atom. The van der Waals surface area contributed by atoms with Gasteiger partial charge in [0.1, 0.15) is 0 Å². The Morgan fingerprint density at radius 3 is 2.36 bits per heavy atom. The summed E-state index contributed by atoms with van der Waals surface area (Å²) in [5, 5.41) is 8.54. The molecule has 2 nitrogen and oxygen atoms in total. The summed E-state index contributed by atoms with van der Waals surface area (Å²) in [6.45, 7) is 4.07. The van der Waals surface area contributed by atoms with Crippen LogP contribution in [-0.4, -0.2) is 21.3 Å². The average Bonchev–Trinajstić information content (AvgIpc) is 2.00. The molecule has 66 valence electrons. The zero-order valence-corrected chi connectivity index (χ0v) is 9.68. The van der Waals surface area contributed by atoms with Crippen LogP contribution in [0.1, 0.15) is 39.5 Å². The molecule has 0 aliphatic rings. The summed E-state index contributed by atoms with van der Waals surface area (Å²) in [6.07, 6.45) is 3.79. The number of hydrogen-bond acceptors (Lipinski definition) is 1. The molecule has 11 heavy (non-hydrogen) atoms. The summed E-state index contributed by atoms with van der Waals surface area (Å²) in [5.74, 6) is -0.597. The van der Waals surface area contributed by atoms with E-state index in [0.717, 1.165) is 35.9 Å². The smallest absolute Gasteiger partial charge is 0.305 e. The highest BCUT2D eigenvalue weighted by Gasteiger charge is 2.29. The quantitative estimate of drug-likeness (QED) is 0.636. The van der Waals surface area contributed by atoms with Crippen molar-refractivity contribution in [3.05, 3.63) is 0 Å². The number of carbonyl (C=O) groups is 1. The molecule has 0 rings (SSSR count). The molecule has 0 spiro atoms. The number of carboxylic acids is 1. The molecule has 0 aromatic heterocycles. The van der Waals surface area contributed by atoms with E-state index in [-0.39, 0.29) is 5.04 Å². The molecule has 0 aromatic carbocycles. The van der Waals surface area contributed by atoms with Gasteiger partial charge in [-0.15, -0.1) is 0 Å². The lowest BCUT2D eigenvalue weighted by atomic mass is 9.98. The summed E-state index contributed by atoms with van der Waals surface area (Å²) in [5.41, 5.74) is 0. The zero-order chi connectivity index (χ0) is 8.91. The van der Waals surface area contributed by atoms with Gasteiger partial charge in [-0.05, 0) is 12.8 Å². The molecule has 0 fully saturated rings. The van der Waals surface area contributed by atoms with E-state index >= 15 is 0 Å². The molecule has 0 aliphatic carbocycles. The van der Waals surface area contributed by atoms with Crippen molar-refractivity contribution in [1.82, 2.24) is 0 Å². The highest BCUT2D eigenvalue weighted by atomic mass is 28.1. The first-order valence-electron chi connectivity index (χ1n) is 4.30. The van der Waals surface area contributed by atoms with Crippen LogP contribution in [0, 0.1) is 0 Å². The molecule has 0 aromatic rings. The van der Waals surface area contributed by atoms with E-state index < -0.39 is 5.97 Å². The fourth-order valence-electron chi connectivity index (χ4n) is 1.00. The lowest BCUT2D eigenvalue weighted by Gasteiger charge is -2.22. The Kier molecular flexibility index (Phi) is 4.41. The Hall–Kier alpha value is -0.313. The van der Waals surface area contributed by atoms with Crippen LogP contribution < -0.4 is 0 Å². The lowest BCUT2D eigenvalue weighted by molar-refractivity contribution is -0.141. The van der Waals surface area contributed by atoms with E-state index in [4.69, 9.17) is 5.11 Å². The minimum atomic E-state index is -0.597. The standard InChI is InChI=1S/C8H18O2Si/c1-3-5-6-8(11,4-2)7(9)10/h3-6H2,1-2,11H3,(H,9,10). The van der Waals surface area contributed by atoms with Crippen LogP contribution in [0.15, 0.2) is 0 Å². The molecular weight excluding hydrogens is 156 g/mol. The highest BCUT2D eigenvalue weighted by molar-refractivity contribution is 6.26. The molecule has 0 heterocycles. The summed E-state index contributed by atoms with van der Waals surface area (Å²) >= 11 is 0. The monoisotopic (exact) mass is 174 g/mol. The molecule has 1 unspecified atom stereocenters. The molecular formula is C8H18O2Si. The lowest BCUT2D eigenvalue weighted by Crippen LogP contribution is -2.22. The molecule has 0 aliphatic heterocycles. The van der Waals surface area contributed by atoms with Crippen molar-refractivity contribution in [1.29, 1.82) is 0 Å². The fraction of sp³-hybridized carbons (Fsp3) is 0.875. The van der Waals surface area contributed by atoms with E-state index in [1.54, 1.807) is 0 Å². The predicted molar refractivity (Wildman–Crippen MR) is 50.1 cm³/mol. The molecule has 1 N–H and O–H groups in total. The van der Waals surface area contributed by atoms with Gasteiger partial charge < -0.3 is 5.11 Å². The van der Waals surface area contributed by atoms with Crippen molar-refractivity contribution in [3.8, 4) is 0 Å². The van der Waals surface area contributed by atoms with E-state index in [9.17, 15) is 4.79 Å². The molecule has 0 saturated carbocycles. The third-order valence-electron chi connectivity index (χ3n) is 2.38. The van der Waals surface area contributed by atoms with E-state index in [2.05, 4.69) is 6.92 Å². The van der Waals surface area contributed by atoms with Crippen molar-refractivity contribution < 1.29 is 9.90 Å². The summed E-state index contributed by atoms with van der Waals surface area (Å²) in [7, 11) is 0.768. The number of aliphatic carboxylic acids is 1. The van der Waals surface area contributed by atoms with E-state index in [1.807, 2.05) is 6.92 Å². The Morgan fingerprint density at radius 2 is 2.09 bits per heavy atom. The van der Waals surface area contributed by atoms with Crippen molar-refractivity contribution in [2.24, 2.45) is 0 Å². The SMILES string of the molecule is CCCCC([SiH3])(CC)C(=O)O. The third-order valence-corrected chi connectivity index (χ3v) is 4.01. The number of hydrogen-bond donors (Lipinski definition) is 1. The van der Waals surface area contributed by atoms with Crippen LogP contribution in [-0.2, 0) is 4.79 Å². The third kappa shape index (κ3) is 3.06. The van der Waals surface area contributed by atoms with Gasteiger partial charge in [-0.2, -0.15) is 0 Å². The van der Waals surface area contributed by atoms with Gasteiger partial charge in [0.25, 0.3) is 0 Å². The predicted octanol–water partition coefficient (Wildman–Crippen LogP) is 1.20. The first kappa shape index (κ1) is 10.7. The van der Waals surface area contributed by atoms with Gasteiger partial charge in [0.2, 0.25) is 0 Å². The van der Waals surface area contributed by atoms with Gasteiger partial charge in [0.05, 0.1) is 5.04 Å². The van der Waals surface area contributed by atoms with Gasteiger partial charge in [-0.25, -0.2) is 0 Å². The largest absolute Gasteiger partial charge is 0.481 e. The average molecular weight is 174 g/mol. The first-order valence-corrected chi connectivity index (χ1v) is 5.30. The van der Waals surface area contributed by atoms with Crippen molar-refractivity contribution in [2.75, 3.05) is 0 Å². The number of carboxylic acid groups (broad SMARTS) is 1. The fourth-order valence-corrected chi connectivity index (χ4v) is 1.36. The van der Waals surface area contributed by atoms with Gasteiger partial charge in [0, 0.05) is 10.2 Å². The van der Waals surface area contributed by atoms with Crippen LogP contribution in [0.5, 0.6) is 0 Å². The molecule has 3 heteroatoms. The topological polar surface area (TPSA) is 37.3 Å². The van der Waals surface area contributed by atoms with Gasteiger partial charge in [0.15, 0.2) is 0 Å². The van der Waals surface area contributed by atoms with Crippen molar-refractivity contribution >= 4 is 16.2 Å². The van der Waals surface area contributed by atoms with E-state index in [0.29, 0.717) is 0 Å². The molecule has 0 saturated heterocycles. The molecule has 0 radical (unpaired) electrons. The maximum absolute atomic E-state index is 10.8. The summed E-state index contributed by atoms with van der Waals surface area (Å²) in [6, 6.07) is 0. The minimum Gasteiger partial charge on any atom is -0.481 e. The number of unbranched alkanes of at least 4 members (excludes halogenated alkanes) is 1. The van der Waals surface area contributed by atoms with E-state index in [1.165, 1.54) is 0 Å². The number of rotatable bonds is 5. The van der Waals surface area contributed by atoms with Crippen LogP contribution in [0.4, 0.5) is 0 Å². The minimum absolute atomic E-state index is 0.351. The summed E-state index contributed by atoms with van der Waals surface area (Å²) in [4.78, 5) is 10.8. The van der Waals surface area contributed by atoms with Gasteiger partial charge >= 0.3 is 5.97 Å². The van der Waals surface area contributed by atoms with Gasteiger partial charge in [-0.1, -0.05) is 26.7 Å².